The summed E-state index contributed by atoms with van der Waals surface area (Å²) in [5, 5.41) is 9.18. The van der Waals surface area contributed by atoms with E-state index in [2.05, 4.69) is 6.92 Å². The third-order valence-corrected chi connectivity index (χ3v) is 3.68. The van der Waals surface area contributed by atoms with E-state index in [1.807, 2.05) is 6.92 Å². The van der Waals surface area contributed by atoms with E-state index in [0.717, 1.165) is 25.7 Å². The Hall–Kier alpha value is -0.320. The second-order valence-corrected chi connectivity index (χ2v) is 4.79. The lowest BCUT2D eigenvalue weighted by atomic mass is 9.72. The van der Waals surface area contributed by atoms with Crippen molar-refractivity contribution in [1.29, 1.82) is 0 Å². The summed E-state index contributed by atoms with van der Waals surface area (Å²) >= 11 is 0. The molecule has 1 aliphatic rings. The van der Waals surface area contributed by atoms with Gasteiger partial charge in [0.1, 0.15) is 5.54 Å². The van der Waals surface area contributed by atoms with E-state index in [9.17, 15) is 9.90 Å². The van der Waals surface area contributed by atoms with E-state index in [0.29, 0.717) is 13.0 Å². The van der Waals surface area contributed by atoms with Crippen molar-refractivity contribution < 1.29 is 14.6 Å². The molecule has 0 spiro atoms. The molecule has 102 valence electrons. The Morgan fingerprint density at radius 1 is 1.59 bits per heavy atom. The number of carboxylic acid groups (broad SMARTS) is 1. The largest absolute Gasteiger partial charge is 0.480 e. The van der Waals surface area contributed by atoms with Gasteiger partial charge in [-0.1, -0.05) is 20.3 Å². The summed E-state index contributed by atoms with van der Waals surface area (Å²) in [7, 11) is 0. The molecule has 0 aliphatic heterocycles. The minimum Gasteiger partial charge on any atom is -0.480 e. The summed E-state index contributed by atoms with van der Waals surface area (Å²) in [4.78, 5) is 11.2. The Labute approximate surface area is 109 Å². The van der Waals surface area contributed by atoms with Gasteiger partial charge in [0, 0.05) is 12.5 Å². The van der Waals surface area contributed by atoms with Crippen LogP contribution >= 0.6 is 12.4 Å². The Bertz CT molecular complexity index is 250. The lowest BCUT2D eigenvalue weighted by Crippen LogP contribution is -2.59. The van der Waals surface area contributed by atoms with E-state index in [1.54, 1.807) is 0 Å². The Balaban J connectivity index is 0.00000256. The number of carboxylic acids is 1. The highest BCUT2D eigenvalue weighted by Crippen LogP contribution is 2.34. The number of rotatable bonds is 5. The first-order chi connectivity index (χ1) is 7.52. The third-order valence-electron chi connectivity index (χ3n) is 3.68. The Morgan fingerprint density at radius 3 is 2.76 bits per heavy atom. The molecule has 3 N–H and O–H groups in total. The second kappa shape index (κ2) is 7.19. The Kier molecular flexibility index (Phi) is 7.05. The van der Waals surface area contributed by atoms with Crippen LogP contribution in [0.15, 0.2) is 0 Å². The predicted molar refractivity (Wildman–Crippen MR) is 69.5 cm³/mol. The fourth-order valence-electron chi connectivity index (χ4n) is 2.31. The monoisotopic (exact) mass is 265 g/mol. The third kappa shape index (κ3) is 3.83. The summed E-state index contributed by atoms with van der Waals surface area (Å²) in [5.41, 5.74) is 4.86. The average Bonchev–Trinajstić information content (AvgIpc) is 2.24. The van der Waals surface area contributed by atoms with E-state index in [1.165, 1.54) is 0 Å². The van der Waals surface area contributed by atoms with Gasteiger partial charge < -0.3 is 15.6 Å². The van der Waals surface area contributed by atoms with E-state index >= 15 is 0 Å². The van der Waals surface area contributed by atoms with E-state index < -0.39 is 11.5 Å². The normalized spacial score (nSPS) is 32.9. The molecule has 1 aliphatic carbocycles. The van der Waals surface area contributed by atoms with Crippen LogP contribution in [-0.2, 0) is 9.53 Å². The van der Waals surface area contributed by atoms with Crippen LogP contribution in [0, 0.1) is 5.92 Å². The zero-order valence-electron chi connectivity index (χ0n) is 10.6. The van der Waals surface area contributed by atoms with Crippen molar-refractivity contribution >= 4 is 18.4 Å². The zero-order chi connectivity index (χ0) is 12.2. The summed E-state index contributed by atoms with van der Waals surface area (Å²) in [5.74, 6) is -1.01. The molecule has 1 rings (SSSR count). The fraction of sp³-hybridized carbons (Fsp3) is 0.917. The van der Waals surface area contributed by atoms with Crippen molar-refractivity contribution in [3.05, 3.63) is 0 Å². The van der Waals surface area contributed by atoms with Crippen LogP contribution < -0.4 is 5.73 Å². The molecule has 3 atom stereocenters. The number of carbonyl (C=O) groups is 1. The summed E-state index contributed by atoms with van der Waals surface area (Å²) < 4.78 is 5.74. The van der Waals surface area contributed by atoms with Gasteiger partial charge in [0.25, 0.3) is 0 Å². The SMILES string of the molecule is CCCCO[C@@H]1CCCC(N)(C(=O)O)[C@H]1C.Cl. The summed E-state index contributed by atoms with van der Waals surface area (Å²) in [6.07, 6.45) is 4.43. The lowest BCUT2D eigenvalue weighted by molar-refractivity contribution is -0.151. The first kappa shape index (κ1) is 16.7. The van der Waals surface area contributed by atoms with Gasteiger partial charge in [-0.3, -0.25) is 4.79 Å². The smallest absolute Gasteiger partial charge is 0.324 e. The quantitative estimate of drug-likeness (QED) is 0.748. The molecule has 4 nitrogen and oxygen atoms in total. The van der Waals surface area contributed by atoms with Crippen LogP contribution in [0.3, 0.4) is 0 Å². The lowest BCUT2D eigenvalue weighted by Gasteiger charge is -2.40. The minimum atomic E-state index is -1.10. The molecule has 0 saturated heterocycles. The first-order valence-electron chi connectivity index (χ1n) is 6.16. The number of hydrogen-bond acceptors (Lipinski definition) is 3. The summed E-state index contributed by atoms with van der Waals surface area (Å²) in [6.45, 7) is 4.71. The second-order valence-electron chi connectivity index (χ2n) is 4.79. The van der Waals surface area contributed by atoms with Crippen molar-refractivity contribution in [2.45, 2.75) is 57.6 Å². The summed E-state index contributed by atoms with van der Waals surface area (Å²) in [6, 6.07) is 0. The predicted octanol–water partition coefficient (Wildman–Crippen LogP) is 2.20. The number of halogens is 1. The molecular formula is C12H24ClNO3. The van der Waals surface area contributed by atoms with Gasteiger partial charge >= 0.3 is 5.97 Å². The van der Waals surface area contributed by atoms with E-state index in [-0.39, 0.29) is 24.4 Å². The molecule has 0 aromatic heterocycles. The highest BCUT2D eigenvalue weighted by Gasteiger charge is 2.46. The highest BCUT2D eigenvalue weighted by molar-refractivity contribution is 5.85. The highest BCUT2D eigenvalue weighted by atomic mass is 35.5. The van der Waals surface area contributed by atoms with Crippen LogP contribution in [0.5, 0.6) is 0 Å². The van der Waals surface area contributed by atoms with Crippen LogP contribution in [0.25, 0.3) is 0 Å². The number of nitrogens with two attached hydrogens (primary N) is 1. The van der Waals surface area contributed by atoms with Gasteiger partial charge in [-0.15, -0.1) is 12.4 Å². The van der Waals surface area contributed by atoms with Crippen LogP contribution in [0.4, 0.5) is 0 Å². The molecule has 1 saturated carbocycles. The van der Waals surface area contributed by atoms with Gasteiger partial charge in [0.2, 0.25) is 0 Å². The number of ether oxygens (including phenoxy) is 1. The van der Waals surface area contributed by atoms with Gasteiger partial charge in [0.05, 0.1) is 6.10 Å². The molecule has 5 heteroatoms. The molecule has 0 heterocycles. The minimum absolute atomic E-state index is 0. The van der Waals surface area contributed by atoms with Gasteiger partial charge in [-0.2, -0.15) is 0 Å². The van der Waals surface area contributed by atoms with Crippen LogP contribution in [0.2, 0.25) is 0 Å². The molecular weight excluding hydrogens is 242 g/mol. The van der Waals surface area contributed by atoms with Crippen LogP contribution in [-0.4, -0.2) is 29.3 Å². The van der Waals surface area contributed by atoms with Gasteiger partial charge in [-0.25, -0.2) is 0 Å². The van der Waals surface area contributed by atoms with Gasteiger partial charge in [0.15, 0.2) is 0 Å². The molecule has 17 heavy (non-hydrogen) atoms. The van der Waals surface area contributed by atoms with E-state index in [4.69, 9.17) is 10.5 Å². The first-order valence-corrected chi connectivity index (χ1v) is 6.16. The molecule has 0 aromatic rings. The van der Waals surface area contributed by atoms with Crippen molar-refractivity contribution in [3.63, 3.8) is 0 Å². The molecule has 0 amide bonds. The topological polar surface area (TPSA) is 72.5 Å². The van der Waals surface area contributed by atoms with Crippen LogP contribution in [0.1, 0.15) is 46.0 Å². The maximum Gasteiger partial charge on any atom is 0.324 e. The number of aliphatic carboxylic acids is 1. The number of hydrogen-bond donors (Lipinski definition) is 2. The molecule has 1 fully saturated rings. The van der Waals surface area contributed by atoms with Crippen molar-refractivity contribution in [2.75, 3.05) is 6.61 Å². The van der Waals surface area contributed by atoms with Gasteiger partial charge in [-0.05, 0) is 25.7 Å². The maximum atomic E-state index is 11.2. The number of unbranched alkanes of at least 4 members (excludes halogenated alkanes) is 1. The average molecular weight is 266 g/mol. The standard InChI is InChI=1S/C12H23NO3.ClH/c1-3-4-8-16-10-6-5-7-12(13,9(10)2)11(14)15;/h9-10H,3-8,13H2,1-2H3,(H,14,15);1H/t9-,10+,12?;/m0./s1. The molecule has 1 unspecified atom stereocenters. The van der Waals surface area contributed by atoms with Crippen molar-refractivity contribution in [1.82, 2.24) is 0 Å². The van der Waals surface area contributed by atoms with Crippen molar-refractivity contribution in [3.8, 4) is 0 Å². The maximum absolute atomic E-state index is 11.2. The zero-order valence-corrected chi connectivity index (χ0v) is 11.5. The molecule has 0 aromatic carbocycles. The molecule has 0 radical (unpaired) electrons. The molecule has 0 bridgehead atoms. The van der Waals surface area contributed by atoms with Crippen molar-refractivity contribution in [2.24, 2.45) is 11.7 Å². The fourth-order valence-corrected chi connectivity index (χ4v) is 2.31. The Morgan fingerprint density at radius 2 is 2.24 bits per heavy atom.